The quantitative estimate of drug-likeness (QED) is 0.811. The van der Waals surface area contributed by atoms with Crippen LogP contribution in [0.4, 0.5) is 5.69 Å². The Balaban J connectivity index is 1.94. The molecule has 0 unspecified atom stereocenters. The summed E-state index contributed by atoms with van der Waals surface area (Å²) in [5, 5.41) is 10.2. The summed E-state index contributed by atoms with van der Waals surface area (Å²) in [5.41, 5.74) is 5.61. The largest absolute Gasteiger partial charge is 0.329 e. The number of fused-ring (bicyclic) bond motifs is 1. The Labute approximate surface area is 105 Å². The Bertz CT molecular complexity index is 557. The molecule has 0 saturated heterocycles. The second-order valence-corrected chi connectivity index (χ2v) is 4.58. The van der Waals surface area contributed by atoms with Crippen molar-refractivity contribution in [1.29, 1.82) is 0 Å². The summed E-state index contributed by atoms with van der Waals surface area (Å²) < 4.78 is 0. The number of H-pyrrole nitrogens is 1. The summed E-state index contributed by atoms with van der Waals surface area (Å²) >= 11 is 0. The Hall–Kier alpha value is -2.10. The molecule has 1 heterocycles. The lowest BCUT2D eigenvalue weighted by Gasteiger charge is -2.11. The molecule has 18 heavy (non-hydrogen) atoms. The maximum absolute atomic E-state index is 10.4. The summed E-state index contributed by atoms with van der Waals surface area (Å²) in [5.74, 6) is 0. The van der Waals surface area contributed by atoms with Crippen LogP contribution in [0.15, 0.2) is 24.3 Å². The molecule has 0 saturated carbocycles. The number of aromatic nitrogens is 2. The molecule has 92 valence electrons. The predicted octanol–water partition coefficient (Wildman–Crippen LogP) is 2.52. The third-order valence-electron chi connectivity index (χ3n) is 3.44. The maximum Gasteiger partial charge on any atom is 0.211 e. The molecule has 1 amide bonds. The molecule has 2 N–H and O–H groups in total. The number of hydrogen-bond acceptors (Lipinski definition) is 2. The Kier molecular flexibility index (Phi) is 2.84. The lowest BCUT2D eigenvalue weighted by molar-refractivity contribution is -0.105. The first-order chi connectivity index (χ1) is 8.88. The van der Waals surface area contributed by atoms with Crippen LogP contribution in [0, 0.1) is 0 Å². The first kappa shape index (κ1) is 11.0. The number of hydrogen-bond donors (Lipinski definition) is 2. The highest BCUT2D eigenvalue weighted by molar-refractivity contribution is 5.74. The normalized spacial score (nSPS) is 14.0. The van der Waals surface area contributed by atoms with Crippen LogP contribution in [0.25, 0.3) is 11.3 Å². The van der Waals surface area contributed by atoms with Gasteiger partial charge in [0.1, 0.15) is 0 Å². The summed E-state index contributed by atoms with van der Waals surface area (Å²) in [6.07, 6.45) is 5.38. The smallest absolute Gasteiger partial charge is 0.211 e. The molecule has 4 heteroatoms. The van der Waals surface area contributed by atoms with E-state index in [2.05, 4.69) is 15.5 Å². The molecule has 0 aliphatic heterocycles. The zero-order valence-electron chi connectivity index (χ0n) is 10.1. The van der Waals surface area contributed by atoms with E-state index in [1.165, 1.54) is 24.1 Å². The van der Waals surface area contributed by atoms with Crippen LogP contribution in [0.1, 0.15) is 24.1 Å². The van der Waals surface area contributed by atoms with Gasteiger partial charge in [0.2, 0.25) is 6.41 Å². The summed E-state index contributed by atoms with van der Waals surface area (Å²) in [4.78, 5) is 10.4. The molecular weight excluding hydrogens is 226 g/mol. The molecule has 1 aliphatic rings. The number of anilines is 1. The Morgan fingerprint density at radius 1 is 1.17 bits per heavy atom. The van der Waals surface area contributed by atoms with Crippen LogP contribution in [0.3, 0.4) is 0 Å². The van der Waals surface area contributed by atoms with Crippen LogP contribution >= 0.6 is 0 Å². The van der Waals surface area contributed by atoms with Gasteiger partial charge in [0.15, 0.2) is 0 Å². The monoisotopic (exact) mass is 241 g/mol. The summed E-state index contributed by atoms with van der Waals surface area (Å²) in [6, 6.07) is 7.79. The highest BCUT2D eigenvalue weighted by Crippen LogP contribution is 2.29. The van der Waals surface area contributed by atoms with E-state index < -0.39 is 0 Å². The van der Waals surface area contributed by atoms with Gasteiger partial charge in [0, 0.05) is 22.5 Å². The van der Waals surface area contributed by atoms with E-state index in [0.29, 0.717) is 6.41 Å². The number of nitrogens with zero attached hydrogens (tertiary/aromatic N) is 1. The highest BCUT2D eigenvalue weighted by atomic mass is 16.1. The van der Waals surface area contributed by atoms with Gasteiger partial charge in [-0.05, 0) is 37.8 Å². The van der Waals surface area contributed by atoms with E-state index in [0.717, 1.165) is 29.8 Å². The van der Waals surface area contributed by atoms with Crippen molar-refractivity contribution in [1.82, 2.24) is 10.2 Å². The number of aryl methyl sites for hydroxylation is 1. The number of amides is 1. The number of aromatic amines is 1. The third kappa shape index (κ3) is 1.90. The van der Waals surface area contributed by atoms with Crippen molar-refractivity contribution in [3.8, 4) is 11.3 Å². The van der Waals surface area contributed by atoms with Crippen LogP contribution in [-0.4, -0.2) is 16.6 Å². The molecule has 1 aromatic carbocycles. The molecule has 1 aliphatic carbocycles. The van der Waals surface area contributed by atoms with Crippen molar-refractivity contribution in [2.75, 3.05) is 5.32 Å². The zero-order chi connectivity index (χ0) is 12.4. The third-order valence-corrected chi connectivity index (χ3v) is 3.44. The molecule has 4 nitrogen and oxygen atoms in total. The van der Waals surface area contributed by atoms with Crippen LogP contribution < -0.4 is 5.32 Å². The zero-order valence-corrected chi connectivity index (χ0v) is 10.1. The van der Waals surface area contributed by atoms with Crippen molar-refractivity contribution in [3.05, 3.63) is 35.5 Å². The molecule has 0 atom stereocenters. The first-order valence-electron chi connectivity index (χ1n) is 6.25. The topological polar surface area (TPSA) is 57.8 Å². The fourth-order valence-electron chi connectivity index (χ4n) is 2.51. The molecule has 1 aromatic heterocycles. The molecule has 0 radical (unpaired) electrons. The van der Waals surface area contributed by atoms with Gasteiger partial charge in [-0.15, -0.1) is 0 Å². The predicted molar refractivity (Wildman–Crippen MR) is 70.4 cm³/mol. The molecule has 0 bridgehead atoms. The van der Waals surface area contributed by atoms with Gasteiger partial charge in [-0.3, -0.25) is 9.89 Å². The van der Waals surface area contributed by atoms with E-state index in [-0.39, 0.29) is 0 Å². The molecule has 0 spiro atoms. The maximum atomic E-state index is 10.4. The minimum Gasteiger partial charge on any atom is -0.329 e. The Morgan fingerprint density at radius 2 is 1.94 bits per heavy atom. The van der Waals surface area contributed by atoms with E-state index in [9.17, 15) is 4.79 Å². The van der Waals surface area contributed by atoms with E-state index in [1.807, 2.05) is 24.3 Å². The SMILES string of the molecule is O=CNc1ccc(-c2n[nH]c3c2CCCC3)cc1. The number of nitrogens with one attached hydrogen (secondary N) is 2. The van der Waals surface area contributed by atoms with Crippen molar-refractivity contribution >= 4 is 12.1 Å². The fraction of sp³-hybridized carbons (Fsp3) is 0.286. The molecule has 3 rings (SSSR count). The van der Waals surface area contributed by atoms with Crippen molar-refractivity contribution in [2.45, 2.75) is 25.7 Å². The lowest BCUT2D eigenvalue weighted by atomic mass is 9.94. The average molecular weight is 241 g/mol. The van der Waals surface area contributed by atoms with Crippen LogP contribution in [0.2, 0.25) is 0 Å². The molecule has 2 aromatic rings. The molecule has 0 fully saturated rings. The minimum atomic E-state index is 0.686. The molecular formula is C14H15N3O. The fourth-order valence-corrected chi connectivity index (χ4v) is 2.51. The minimum absolute atomic E-state index is 0.686. The first-order valence-corrected chi connectivity index (χ1v) is 6.25. The van der Waals surface area contributed by atoms with E-state index >= 15 is 0 Å². The Morgan fingerprint density at radius 3 is 2.72 bits per heavy atom. The number of benzene rings is 1. The van der Waals surface area contributed by atoms with Gasteiger partial charge in [0.05, 0.1) is 5.69 Å². The second kappa shape index (κ2) is 4.64. The van der Waals surface area contributed by atoms with Gasteiger partial charge in [-0.1, -0.05) is 12.1 Å². The second-order valence-electron chi connectivity index (χ2n) is 4.58. The summed E-state index contributed by atoms with van der Waals surface area (Å²) in [6.45, 7) is 0. The lowest BCUT2D eigenvalue weighted by Crippen LogP contribution is -2.01. The van der Waals surface area contributed by atoms with Crippen molar-refractivity contribution in [3.63, 3.8) is 0 Å². The summed E-state index contributed by atoms with van der Waals surface area (Å²) in [7, 11) is 0. The van der Waals surface area contributed by atoms with Crippen LogP contribution in [-0.2, 0) is 17.6 Å². The number of carbonyl (C=O) groups excluding carboxylic acids is 1. The van der Waals surface area contributed by atoms with E-state index in [4.69, 9.17) is 0 Å². The highest BCUT2D eigenvalue weighted by Gasteiger charge is 2.17. The van der Waals surface area contributed by atoms with Crippen LogP contribution in [0.5, 0.6) is 0 Å². The van der Waals surface area contributed by atoms with Gasteiger partial charge >= 0.3 is 0 Å². The van der Waals surface area contributed by atoms with E-state index in [1.54, 1.807) is 0 Å². The average Bonchev–Trinajstić information content (AvgIpc) is 2.84. The van der Waals surface area contributed by atoms with Gasteiger partial charge < -0.3 is 5.32 Å². The van der Waals surface area contributed by atoms with Gasteiger partial charge in [0.25, 0.3) is 0 Å². The van der Waals surface area contributed by atoms with Gasteiger partial charge in [-0.25, -0.2) is 0 Å². The van der Waals surface area contributed by atoms with Crippen molar-refractivity contribution in [2.24, 2.45) is 0 Å². The van der Waals surface area contributed by atoms with Gasteiger partial charge in [-0.2, -0.15) is 5.10 Å². The number of rotatable bonds is 3. The van der Waals surface area contributed by atoms with Crippen molar-refractivity contribution < 1.29 is 4.79 Å². The standard InChI is InChI=1S/C14H15N3O/c18-9-15-11-7-5-10(6-8-11)14-12-3-1-2-4-13(12)16-17-14/h5-9H,1-4H2,(H,15,18)(H,16,17). The number of carbonyl (C=O) groups is 1.